The van der Waals surface area contributed by atoms with E-state index in [-0.39, 0.29) is 5.91 Å². The van der Waals surface area contributed by atoms with Crippen LogP contribution in [-0.2, 0) is 9.53 Å². The molecule has 146 valence electrons. The molecule has 3 unspecified atom stereocenters. The Balaban J connectivity index is 1.90. The Morgan fingerprint density at radius 3 is 2.62 bits per heavy atom. The Labute approximate surface area is 159 Å². The van der Waals surface area contributed by atoms with E-state index in [2.05, 4.69) is 37.8 Å². The van der Waals surface area contributed by atoms with Crippen molar-refractivity contribution in [2.75, 3.05) is 46.4 Å². The van der Waals surface area contributed by atoms with Crippen molar-refractivity contribution in [2.45, 2.75) is 40.0 Å². The molecule has 1 aliphatic carbocycles. The normalized spacial score (nSPS) is 27.3. The predicted octanol–water partition coefficient (Wildman–Crippen LogP) is 2.94. The number of nitriles is 1. The molecule has 0 radical (unpaired) electrons. The van der Waals surface area contributed by atoms with Crippen molar-refractivity contribution in [2.24, 2.45) is 23.7 Å². The molecule has 1 saturated heterocycles. The van der Waals surface area contributed by atoms with Crippen molar-refractivity contribution in [3.05, 3.63) is 11.6 Å². The van der Waals surface area contributed by atoms with Crippen LogP contribution in [0.3, 0.4) is 0 Å². The van der Waals surface area contributed by atoms with Crippen LogP contribution in [0.15, 0.2) is 11.6 Å². The minimum Gasteiger partial charge on any atom is -0.383 e. The predicted molar refractivity (Wildman–Crippen MR) is 103 cm³/mol. The number of methoxy groups -OCH3 is 1. The maximum Gasteiger partial charge on any atom is 0.223 e. The van der Waals surface area contributed by atoms with Gasteiger partial charge < -0.3 is 9.64 Å². The van der Waals surface area contributed by atoms with Gasteiger partial charge >= 0.3 is 0 Å². The average Bonchev–Trinajstić information content (AvgIpc) is 2.62. The summed E-state index contributed by atoms with van der Waals surface area (Å²) in [6, 6.07) is 2.34. The number of amides is 1. The number of carbonyl (C=O) groups is 1. The zero-order valence-electron chi connectivity index (χ0n) is 16.9. The van der Waals surface area contributed by atoms with E-state index in [1.165, 1.54) is 5.57 Å². The first-order chi connectivity index (χ1) is 12.5. The third-order valence-corrected chi connectivity index (χ3v) is 6.17. The van der Waals surface area contributed by atoms with E-state index in [0.717, 1.165) is 45.8 Å². The highest BCUT2D eigenvalue weighted by atomic mass is 16.5. The number of nitrogens with zero attached hydrogens (tertiary/aromatic N) is 3. The maximum absolute atomic E-state index is 12.8. The van der Waals surface area contributed by atoms with Crippen LogP contribution in [0.25, 0.3) is 0 Å². The SMILES string of the molecule is COCCN1CCN(C(=O)CC2CC(C(C)C)C(CC#N)C=C2C)CC1. The molecule has 2 aliphatic rings. The Bertz CT molecular complexity index is 530. The lowest BCUT2D eigenvalue weighted by Gasteiger charge is -2.38. The van der Waals surface area contributed by atoms with Gasteiger partial charge in [-0.25, -0.2) is 0 Å². The van der Waals surface area contributed by atoms with Gasteiger partial charge in [0.05, 0.1) is 12.7 Å². The van der Waals surface area contributed by atoms with E-state index in [1.807, 2.05) is 4.90 Å². The van der Waals surface area contributed by atoms with Crippen molar-refractivity contribution in [3.63, 3.8) is 0 Å². The molecule has 0 spiro atoms. The Hall–Kier alpha value is -1.38. The van der Waals surface area contributed by atoms with Crippen molar-refractivity contribution < 1.29 is 9.53 Å². The highest BCUT2D eigenvalue weighted by Crippen LogP contribution is 2.40. The molecule has 1 fully saturated rings. The van der Waals surface area contributed by atoms with Crippen LogP contribution in [-0.4, -0.2) is 62.1 Å². The molecule has 0 bridgehead atoms. The second-order valence-corrected chi connectivity index (χ2v) is 8.20. The second-order valence-electron chi connectivity index (χ2n) is 8.20. The highest BCUT2D eigenvalue weighted by molar-refractivity contribution is 5.77. The molecular formula is C21H35N3O2. The average molecular weight is 362 g/mol. The number of hydrogen-bond acceptors (Lipinski definition) is 4. The second kappa shape index (κ2) is 10.1. The number of carbonyl (C=O) groups excluding carboxylic acids is 1. The van der Waals surface area contributed by atoms with Crippen LogP contribution in [0, 0.1) is 35.0 Å². The fourth-order valence-corrected chi connectivity index (χ4v) is 4.39. The standard InChI is InChI=1S/C21H35N3O2/c1-16(2)20-14-19(17(3)13-18(20)5-6-22)15-21(25)24-9-7-23(8-10-24)11-12-26-4/h13,16,18-20H,5,7-12,14-15H2,1-4H3. The molecule has 5 nitrogen and oxygen atoms in total. The number of ether oxygens (including phenoxy) is 1. The number of rotatable bonds is 7. The van der Waals surface area contributed by atoms with Gasteiger partial charge in [-0.1, -0.05) is 25.5 Å². The third-order valence-electron chi connectivity index (χ3n) is 6.17. The lowest BCUT2D eigenvalue weighted by molar-refractivity contribution is -0.134. The van der Waals surface area contributed by atoms with E-state index < -0.39 is 0 Å². The summed E-state index contributed by atoms with van der Waals surface area (Å²) < 4.78 is 5.14. The van der Waals surface area contributed by atoms with Crippen LogP contribution in [0.5, 0.6) is 0 Å². The summed E-state index contributed by atoms with van der Waals surface area (Å²) in [5, 5.41) is 9.11. The van der Waals surface area contributed by atoms with E-state index in [9.17, 15) is 4.79 Å². The monoisotopic (exact) mass is 361 g/mol. The van der Waals surface area contributed by atoms with E-state index in [1.54, 1.807) is 7.11 Å². The molecule has 5 heteroatoms. The van der Waals surface area contributed by atoms with Crippen molar-refractivity contribution in [3.8, 4) is 6.07 Å². The number of piperazine rings is 1. The van der Waals surface area contributed by atoms with Crippen molar-refractivity contribution in [1.82, 2.24) is 9.80 Å². The summed E-state index contributed by atoms with van der Waals surface area (Å²) >= 11 is 0. The van der Waals surface area contributed by atoms with Gasteiger partial charge in [0, 0.05) is 52.7 Å². The van der Waals surface area contributed by atoms with Gasteiger partial charge in [0.25, 0.3) is 0 Å². The molecule has 1 amide bonds. The summed E-state index contributed by atoms with van der Waals surface area (Å²) in [5.41, 5.74) is 1.30. The molecule has 1 aliphatic heterocycles. The van der Waals surface area contributed by atoms with Crippen LogP contribution >= 0.6 is 0 Å². The van der Waals surface area contributed by atoms with Gasteiger partial charge in [-0.2, -0.15) is 5.26 Å². The first-order valence-corrected chi connectivity index (χ1v) is 10.0. The smallest absolute Gasteiger partial charge is 0.223 e. The Kier molecular flexibility index (Phi) is 8.12. The van der Waals surface area contributed by atoms with Gasteiger partial charge in [-0.15, -0.1) is 0 Å². The van der Waals surface area contributed by atoms with Gasteiger partial charge in [0.15, 0.2) is 0 Å². The summed E-state index contributed by atoms with van der Waals surface area (Å²) in [6.07, 6.45) is 4.51. The summed E-state index contributed by atoms with van der Waals surface area (Å²) in [4.78, 5) is 17.2. The number of hydrogen-bond donors (Lipinski definition) is 0. The maximum atomic E-state index is 12.8. The van der Waals surface area contributed by atoms with Gasteiger partial charge in [0.2, 0.25) is 5.91 Å². The fourth-order valence-electron chi connectivity index (χ4n) is 4.39. The molecule has 0 N–H and O–H groups in total. The number of allylic oxidation sites excluding steroid dienone is 2. The van der Waals surface area contributed by atoms with Gasteiger partial charge in [-0.3, -0.25) is 9.69 Å². The topological polar surface area (TPSA) is 56.6 Å². The molecular weight excluding hydrogens is 326 g/mol. The Morgan fingerprint density at radius 2 is 2.04 bits per heavy atom. The quantitative estimate of drug-likeness (QED) is 0.654. The minimum absolute atomic E-state index is 0.287. The van der Waals surface area contributed by atoms with Crippen LogP contribution in [0.2, 0.25) is 0 Å². The van der Waals surface area contributed by atoms with Gasteiger partial charge in [0.1, 0.15) is 0 Å². The van der Waals surface area contributed by atoms with E-state index in [0.29, 0.717) is 36.5 Å². The molecule has 0 saturated carbocycles. The molecule has 0 aromatic rings. The third kappa shape index (κ3) is 5.56. The molecule has 2 rings (SSSR count). The van der Waals surface area contributed by atoms with Crippen molar-refractivity contribution in [1.29, 1.82) is 5.26 Å². The van der Waals surface area contributed by atoms with Crippen LogP contribution < -0.4 is 0 Å². The molecule has 1 heterocycles. The van der Waals surface area contributed by atoms with E-state index in [4.69, 9.17) is 10.00 Å². The first kappa shape index (κ1) is 20.9. The lowest BCUT2D eigenvalue weighted by Crippen LogP contribution is -2.49. The zero-order valence-corrected chi connectivity index (χ0v) is 16.9. The lowest BCUT2D eigenvalue weighted by atomic mass is 9.69. The minimum atomic E-state index is 0.287. The van der Waals surface area contributed by atoms with Crippen LogP contribution in [0.1, 0.15) is 40.0 Å². The summed E-state index contributed by atoms with van der Waals surface area (Å²) in [5.74, 6) is 2.00. The van der Waals surface area contributed by atoms with E-state index >= 15 is 0 Å². The fraction of sp³-hybridized carbons (Fsp3) is 0.810. The summed E-state index contributed by atoms with van der Waals surface area (Å²) in [6.45, 7) is 11.8. The van der Waals surface area contributed by atoms with Gasteiger partial charge in [-0.05, 0) is 37.0 Å². The molecule has 0 aromatic heterocycles. The van der Waals surface area contributed by atoms with Crippen molar-refractivity contribution >= 4 is 5.91 Å². The highest BCUT2D eigenvalue weighted by Gasteiger charge is 2.33. The molecule has 0 aromatic carbocycles. The molecule has 3 atom stereocenters. The largest absolute Gasteiger partial charge is 0.383 e. The molecule has 26 heavy (non-hydrogen) atoms. The summed E-state index contributed by atoms with van der Waals surface area (Å²) in [7, 11) is 1.73. The van der Waals surface area contributed by atoms with Crippen LogP contribution in [0.4, 0.5) is 0 Å². The first-order valence-electron chi connectivity index (χ1n) is 10.0. The Morgan fingerprint density at radius 1 is 1.35 bits per heavy atom. The zero-order chi connectivity index (χ0) is 19.1.